The van der Waals surface area contributed by atoms with Crippen LogP contribution in [0.15, 0.2) is 12.2 Å². The zero-order valence-corrected chi connectivity index (χ0v) is 8.28. The first-order valence-corrected chi connectivity index (χ1v) is 5.26. The van der Waals surface area contributed by atoms with Crippen LogP contribution in [0.4, 0.5) is 0 Å². The molecule has 0 aliphatic carbocycles. The molecule has 0 heterocycles. The molecule has 0 aliphatic heterocycles. The van der Waals surface area contributed by atoms with Crippen molar-refractivity contribution in [2.24, 2.45) is 0 Å². The summed E-state index contributed by atoms with van der Waals surface area (Å²) in [7, 11) is -1.74. The molecule has 0 fully saturated rings. The van der Waals surface area contributed by atoms with E-state index in [0.29, 0.717) is 6.61 Å². The number of sulfonamides is 1. The highest BCUT2D eigenvalue weighted by atomic mass is 32.2. The Balaban J connectivity index is 3.51. The van der Waals surface area contributed by atoms with Crippen molar-refractivity contribution >= 4 is 10.0 Å². The second kappa shape index (κ2) is 5.29. The maximum absolute atomic E-state index is 10.8. The molecule has 4 nitrogen and oxygen atoms in total. The third kappa shape index (κ3) is 6.33. The summed E-state index contributed by atoms with van der Waals surface area (Å²) in [5, 5.41) is 0. The molecule has 0 unspecified atom stereocenters. The lowest BCUT2D eigenvalue weighted by Crippen LogP contribution is -2.24. The summed E-state index contributed by atoms with van der Waals surface area (Å²) < 4.78 is 28.9. The van der Waals surface area contributed by atoms with Crippen molar-refractivity contribution < 1.29 is 13.2 Å². The van der Waals surface area contributed by atoms with Crippen LogP contribution in [-0.2, 0) is 14.8 Å². The Morgan fingerprint density at radius 2 is 2.17 bits per heavy atom. The van der Waals surface area contributed by atoms with Crippen LogP contribution in [0.1, 0.15) is 6.92 Å². The van der Waals surface area contributed by atoms with Crippen molar-refractivity contribution in [1.29, 1.82) is 0 Å². The Hall–Kier alpha value is -0.390. The normalized spacial score (nSPS) is 11.5. The lowest BCUT2D eigenvalue weighted by molar-refractivity contribution is 0.172. The topological polar surface area (TPSA) is 55.4 Å². The highest BCUT2D eigenvalue weighted by molar-refractivity contribution is 7.89. The van der Waals surface area contributed by atoms with Gasteiger partial charge in [-0.15, -0.1) is 0 Å². The molecule has 0 atom stereocenters. The molecule has 72 valence electrons. The molecule has 0 rings (SSSR count). The van der Waals surface area contributed by atoms with E-state index < -0.39 is 10.0 Å². The average Bonchev–Trinajstić information content (AvgIpc) is 1.98. The number of rotatable bonds is 6. The molecule has 0 saturated heterocycles. The van der Waals surface area contributed by atoms with Gasteiger partial charge in [-0.1, -0.05) is 12.2 Å². The van der Waals surface area contributed by atoms with Gasteiger partial charge in [-0.3, -0.25) is 0 Å². The summed E-state index contributed by atoms with van der Waals surface area (Å²) in [5.41, 5.74) is 0.886. The fraction of sp³-hybridized carbons (Fsp3) is 0.714. The number of hydrogen-bond acceptors (Lipinski definition) is 3. The second-order valence-corrected chi connectivity index (χ2v) is 4.58. The summed E-state index contributed by atoms with van der Waals surface area (Å²) in [6.45, 7) is 6.07. The third-order valence-electron chi connectivity index (χ3n) is 1.16. The van der Waals surface area contributed by atoms with Gasteiger partial charge in [-0.05, 0) is 14.0 Å². The van der Waals surface area contributed by atoms with Crippen LogP contribution in [0.5, 0.6) is 0 Å². The predicted molar refractivity (Wildman–Crippen MR) is 48.5 cm³/mol. The number of nitrogens with one attached hydrogen (secondary N) is 1. The fourth-order valence-electron chi connectivity index (χ4n) is 0.517. The van der Waals surface area contributed by atoms with Gasteiger partial charge in [0, 0.05) is 0 Å². The monoisotopic (exact) mass is 193 g/mol. The predicted octanol–water partition coefficient (Wildman–Crippen LogP) is 0.128. The van der Waals surface area contributed by atoms with Crippen molar-refractivity contribution in [3.8, 4) is 0 Å². The highest BCUT2D eigenvalue weighted by Gasteiger charge is 2.05. The fourth-order valence-corrected chi connectivity index (χ4v) is 1.06. The van der Waals surface area contributed by atoms with E-state index in [9.17, 15) is 8.42 Å². The summed E-state index contributed by atoms with van der Waals surface area (Å²) in [5.74, 6) is -0.00319. The van der Waals surface area contributed by atoms with E-state index in [2.05, 4.69) is 11.3 Å². The minimum Gasteiger partial charge on any atom is -0.376 e. The SMILES string of the molecule is C=C(C)COCCS(=O)(=O)NC. The largest absolute Gasteiger partial charge is 0.376 e. The van der Waals surface area contributed by atoms with Gasteiger partial charge < -0.3 is 4.74 Å². The molecule has 0 spiro atoms. The molecule has 0 aromatic carbocycles. The number of hydrogen-bond donors (Lipinski definition) is 1. The summed E-state index contributed by atoms with van der Waals surface area (Å²) in [4.78, 5) is 0. The Morgan fingerprint density at radius 3 is 2.58 bits per heavy atom. The van der Waals surface area contributed by atoms with Crippen LogP contribution >= 0.6 is 0 Å². The molecule has 0 saturated carbocycles. The Labute approximate surface area is 73.7 Å². The molecule has 0 bridgehead atoms. The van der Waals surface area contributed by atoms with E-state index in [1.807, 2.05) is 6.92 Å². The smallest absolute Gasteiger partial charge is 0.213 e. The van der Waals surface area contributed by atoms with Crippen LogP contribution in [0.2, 0.25) is 0 Å². The average molecular weight is 193 g/mol. The van der Waals surface area contributed by atoms with Gasteiger partial charge in [0.1, 0.15) is 0 Å². The molecule has 0 radical (unpaired) electrons. The van der Waals surface area contributed by atoms with Gasteiger partial charge in [0.15, 0.2) is 0 Å². The van der Waals surface area contributed by atoms with Crippen molar-refractivity contribution in [1.82, 2.24) is 4.72 Å². The molecule has 0 amide bonds. The standard InChI is InChI=1S/C7H15NO3S/c1-7(2)6-11-4-5-12(9,10)8-3/h8H,1,4-6H2,2-3H3. The van der Waals surface area contributed by atoms with Gasteiger partial charge in [-0.2, -0.15) is 0 Å². The van der Waals surface area contributed by atoms with Gasteiger partial charge >= 0.3 is 0 Å². The molecule has 12 heavy (non-hydrogen) atoms. The van der Waals surface area contributed by atoms with Crippen molar-refractivity contribution in [3.63, 3.8) is 0 Å². The van der Waals surface area contributed by atoms with Gasteiger partial charge in [0.05, 0.1) is 19.0 Å². The van der Waals surface area contributed by atoms with E-state index in [-0.39, 0.29) is 12.4 Å². The zero-order valence-electron chi connectivity index (χ0n) is 7.46. The molecule has 5 heteroatoms. The van der Waals surface area contributed by atoms with Crippen LogP contribution in [0.3, 0.4) is 0 Å². The van der Waals surface area contributed by atoms with Crippen molar-refractivity contribution in [2.75, 3.05) is 26.0 Å². The lowest BCUT2D eigenvalue weighted by Gasteiger charge is -2.03. The van der Waals surface area contributed by atoms with Crippen LogP contribution in [0, 0.1) is 0 Å². The highest BCUT2D eigenvalue weighted by Crippen LogP contribution is 1.89. The van der Waals surface area contributed by atoms with Gasteiger partial charge in [-0.25, -0.2) is 13.1 Å². The minimum atomic E-state index is -3.12. The minimum absolute atomic E-state index is 0.00319. The maximum atomic E-state index is 10.8. The van der Waals surface area contributed by atoms with Crippen LogP contribution in [-0.4, -0.2) is 34.4 Å². The van der Waals surface area contributed by atoms with Crippen LogP contribution < -0.4 is 4.72 Å². The zero-order chi connectivity index (χ0) is 9.61. The van der Waals surface area contributed by atoms with Gasteiger partial charge in [0.25, 0.3) is 0 Å². The maximum Gasteiger partial charge on any atom is 0.213 e. The molecule has 0 aromatic heterocycles. The van der Waals surface area contributed by atoms with E-state index in [0.717, 1.165) is 5.57 Å². The van der Waals surface area contributed by atoms with Crippen molar-refractivity contribution in [2.45, 2.75) is 6.92 Å². The van der Waals surface area contributed by atoms with E-state index in [1.54, 1.807) is 0 Å². The second-order valence-electron chi connectivity index (χ2n) is 2.53. The molecular formula is C7H15NO3S. The van der Waals surface area contributed by atoms with E-state index in [4.69, 9.17) is 4.74 Å². The summed E-state index contributed by atoms with van der Waals surface area (Å²) in [6.07, 6.45) is 0. The quantitative estimate of drug-likeness (QED) is 0.482. The molecule has 0 aromatic rings. The van der Waals surface area contributed by atoms with E-state index in [1.165, 1.54) is 7.05 Å². The van der Waals surface area contributed by atoms with Gasteiger partial charge in [0.2, 0.25) is 10.0 Å². The Kier molecular flexibility index (Phi) is 5.12. The summed E-state index contributed by atoms with van der Waals surface area (Å²) >= 11 is 0. The summed E-state index contributed by atoms with van der Waals surface area (Å²) in [6, 6.07) is 0. The first-order chi connectivity index (χ1) is 5.48. The van der Waals surface area contributed by atoms with E-state index >= 15 is 0 Å². The lowest BCUT2D eigenvalue weighted by atomic mass is 10.4. The Morgan fingerprint density at radius 1 is 1.58 bits per heavy atom. The van der Waals surface area contributed by atoms with Crippen molar-refractivity contribution in [3.05, 3.63) is 12.2 Å². The molecule has 1 N–H and O–H groups in total. The first kappa shape index (κ1) is 11.6. The molecule has 0 aliphatic rings. The van der Waals surface area contributed by atoms with Crippen LogP contribution in [0.25, 0.3) is 0 Å². The Bertz CT molecular complexity index is 233. The molecular weight excluding hydrogens is 178 g/mol. The third-order valence-corrected chi connectivity index (χ3v) is 2.48. The first-order valence-electron chi connectivity index (χ1n) is 3.61. The number of ether oxygens (including phenoxy) is 1.